The molecule has 2 saturated heterocycles. The molecular formula is C33H38BrF3N2. The number of hydrogen-bond acceptors (Lipinski definition) is 2. The van der Waals surface area contributed by atoms with Gasteiger partial charge in [-0.25, -0.2) is 0 Å². The van der Waals surface area contributed by atoms with Crippen molar-refractivity contribution in [2.24, 2.45) is 0 Å². The van der Waals surface area contributed by atoms with Gasteiger partial charge in [-0.05, 0) is 84.1 Å². The molecule has 2 nitrogen and oxygen atoms in total. The maximum absolute atomic E-state index is 13.0. The zero-order valence-corrected chi connectivity index (χ0v) is 24.6. The molecule has 0 bridgehead atoms. The van der Waals surface area contributed by atoms with Crippen LogP contribution in [0.25, 0.3) is 0 Å². The molecule has 0 amide bonds. The normalized spacial score (nSPS) is 21.6. The van der Waals surface area contributed by atoms with E-state index in [1.165, 1.54) is 28.8 Å². The lowest BCUT2D eigenvalue weighted by Gasteiger charge is -2.51. The molecule has 2 atom stereocenters. The Morgan fingerprint density at radius 1 is 0.795 bits per heavy atom. The highest BCUT2D eigenvalue weighted by atomic mass is 79.9. The van der Waals surface area contributed by atoms with Gasteiger partial charge in [0.05, 0.1) is 5.56 Å². The van der Waals surface area contributed by atoms with Crippen molar-refractivity contribution in [3.63, 3.8) is 0 Å². The molecule has 2 aliphatic heterocycles. The molecule has 5 rings (SSSR count). The van der Waals surface area contributed by atoms with E-state index in [1.807, 2.05) is 0 Å². The van der Waals surface area contributed by atoms with E-state index in [0.29, 0.717) is 18.0 Å². The second-order valence-corrected chi connectivity index (χ2v) is 13.1. The van der Waals surface area contributed by atoms with Gasteiger partial charge in [-0.1, -0.05) is 91.3 Å². The van der Waals surface area contributed by atoms with Crippen molar-refractivity contribution in [1.82, 2.24) is 9.80 Å². The van der Waals surface area contributed by atoms with Crippen molar-refractivity contribution in [2.75, 3.05) is 19.6 Å². The van der Waals surface area contributed by atoms with Gasteiger partial charge in [-0.15, -0.1) is 0 Å². The predicted octanol–water partition coefficient (Wildman–Crippen LogP) is 8.96. The number of hydrogen-bond donors (Lipinski definition) is 0. The van der Waals surface area contributed by atoms with E-state index in [1.54, 1.807) is 12.1 Å². The highest BCUT2D eigenvalue weighted by Gasteiger charge is 2.40. The molecule has 6 heteroatoms. The molecule has 0 aromatic heterocycles. The lowest BCUT2D eigenvalue weighted by molar-refractivity contribution is -0.137. The van der Waals surface area contributed by atoms with Crippen molar-refractivity contribution in [2.45, 2.75) is 76.2 Å². The van der Waals surface area contributed by atoms with E-state index in [-0.39, 0.29) is 5.41 Å². The summed E-state index contributed by atoms with van der Waals surface area (Å²) in [6, 6.07) is 24.3. The van der Waals surface area contributed by atoms with Gasteiger partial charge in [-0.3, -0.25) is 4.90 Å². The minimum absolute atomic E-state index is 0.141. The van der Waals surface area contributed by atoms with Gasteiger partial charge in [0, 0.05) is 29.6 Å². The number of alkyl halides is 3. The first-order valence-electron chi connectivity index (χ1n) is 14.0. The average Bonchev–Trinajstić information content (AvgIpc) is 2.90. The third-order valence-electron chi connectivity index (χ3n) is 8.60. The molecule has 0 aliphatic carbocycles. The summed E-state index contributed by atoms with van der Waals surface area (Å²) in [7, 11) is 0. The smallest absolute Gasteiger partial charge is 0.302 e. The molecular weight excluding hydrogens is 561 g/mol. The summed E-state index contributed by atoms with van der Waals surface area (Å²) in [5.41, 5.74) is 4.64. The fourth-order valence-corrected chi connectivity index (χ4v) is 6.52. The number of benzene rings is 3. The standard InChI is InChI=1S/C33H38BrF3N2/c1-32(2,3)27-12-10-25(11-13-27)31-20-29(39(31)21-26-6-4-5-7-30(26)34)22-38-18-16-24(17-19-38)23-8-14-28(15-9-23)33(35,36)37/h4-15,24,29,31H,16-22H2,1-3H3. The summed E-state index contributed by atoms with van der Waals surface area (Å²) in [6.07, 6.45) is -1.17. The topological polar surface area (TPSA) is 6.48 Å². The third-order valence-corrected chi connectivity index (χ3v) is 9.38. The molecule has 3 aromatic carbocycles. The Balaban J connectivity index is 1.24. The molecule has 0 spiro atoms. The second kappa shape index (κ2) is 11.4. The van der Waals surface area contributed by atoms with Crippen LogP contribution in [0.4, 0.5) is 13.2 Å². The molecule has 2 fully saturated rings. The van der Waals surface area contributed by atoms with E-state index in [4.69, 9.17) is 0 Å². The van der Waals surface area contributed by atoms with Gasteiger partial charge < -0.3 is 4.90 Å². The molecule has 2 aliphatic rings. The summed E-state index contributed by atoms with van der Waals surface area (Å²) < 4.78 is 40.0. The van der Waals surface area contributed by atoms with E-state index in [0.717, 1.165) is 55.5 Å². The second-order valence-electron chi connectivity index (χ2n) is 12.2. The first kappa shape index (κ1) is 28.4. The Morgan fingerprint density at radius 3 is 1.97 bits per heavy atom. The molecule has 2 unspecified atom stereocenters. The molecule has 208 valence electrons. The summed E-state index contributed by atoms with van der Waals surface area (Å²) in [5, 5.41) is 0. The van der Waals surface area contributed by atoms with Crippen LogP contribution < -0.4 is 0 Å². The van der Waals surface area contributed by atoms with Gasteiger partial charge in [-0.2, -0.15) is 13.2 Å². The van der Waals surface area contributed by atoms with E-state index in [2.05, 4.69) is 95.0 Å². The number of halogens is 4. The Hall–Kier alpha value is -2.15. The van der Waals surface area contributed by atoms with Gasteiger partial charge in [0.25, 0.3) is 0 Å². The van der Waals surface area contributed by atoms with Gasteiger partial charge >= 0.3 is 6.18 Å². The van der Waals surface area contributed by atoms with Crippen LogP contribution in [0, 0.1) is 0 Å². The predicted molar refractivity (Wildman–Crippen MR) is 156 cm³/mol. The lowest BCUT2D eigenvalue weighted by Crippen LogP contribution is -2.55. The summed E-state index contributed by atoms with van der Waals surface area (Å²) in [6.45, 7) is 10.6. The summed E-state index contributed by atoms with van der Waals surface area (Å²) in [4.78, 5) is 5.20. The fraction of sp³-hybridized carbons (Fsp3) is 0.455. The first-order chi connectivity index (χ1) is 18.5. The maximum Gasteiger partial charge on any atom is 0.416 e. The van der Waals surface area contributed by atoms with Crippen LogP contribution in [0.15, 0.2) is 77.3 Å². The van der Waals surface area contributed by atoms with Crippen LogP contribution in [-0.2, 0) is 18.1 Å². The first-order valence-corrected chi connectivity index (χ1v) is 14.8. The molecule has 0 saturated carbocycles. The highest BCUT2D eigenvalue weighted by Crippen LogP contribution is 2.42. The molecule has 2 heterocycles. The minimum Gasteiger partial charge on any atom is -0.302 e. The van der Waals surface area contributed by atoms with Crippen LogP contribution in [-0.4, -0.2) is 35.5 Å². The zero-order valence-electron chi connectivity index (χ0n) is 23.0. The molecule has 3 aromatic rings. The molecule has 39 heavy (non-hydrogen) atoms. The number of nitrogens with zero attached hydrogens (tertiary/aromatic N) is 2. The molecule has 0 N–H and O–H groups in total. The van der Waals surface area contributed by atoms with Crippen molar-refractivity contribution in [3.8, 4) is 0 Å². The van der Waals surface area contributed by atoms with Gasteiger partial charge in [0.1, 0.15) is 0 Å². The number of likely N-dealkylation sites (tertiary alicyclic amines) is 2. The summed E-state index contributed by atoms with van der Waals surface area (Å²) in [5.74, 6) is 0.329. The monoisotopic (exact) mass is 598 g/mol. The fourth-order valence-electron chi connectivity index (χ4n) is 6.11. The minimum atomic E-state index is -4.28. The third kappa shape index (κ3) is 6.61. The van der Waals surface area contributed by atoms with Crippen molar-refractivity contribution >= 4 is 15.9 Å². The Bertz CT molecular complexity index is 1240. The van der Waals surface area contributed by atoms with E-state index in [9.17, 15) is 13.2 Å². The van der Waals surface area contributed by atoms with Crippen LogP contribution in [0.5, 0.6) is 0 Å². The van der Waals surface area contributed by atoms with Gasteiger partial charge in [0.15, 0.2) is 0 Å². The van der Waals surface area contributed by atoms with E-state index < -0.39 is 11.7 Å². The zero-order chi connectivity index (χ0) is 27.8. The number of rotatable bonds is 6. The quantitative estimate of drug-likeness (QED) is 0.279. The van der Waals surface area contributed by atoms with Crippen LogP contribution in [0.2, 0.25) is 0 Å². The van der Waals surface area contributed by atoms with Crippen LogP contribution >= 0.6 is 15.9 Å². The van der Waals surface area contributed by atoms with E-state index >= 15 is 0 Å². The average molecular weight is 600 g/mol. The number of piperidine rings is 1. The Labute approximate surface area is 239 Å². The van der Waals surface area contributed by atoms with Crippen molar-refractivity contribution < 1.29 is 13.2 Å². The molecule has 0 radical (unpaired) electrons. The SMILES string of the molecule is CC(C)(C)c1ccc(C2CC(CN3CCC(c4ccc(C(F)(F)F)cc4)CC3)N2Cc2ccccc2Br)cc1. The Kier molecular flexibility index (Phi) is 8.28. The highest BCUT2D eigenvalue weighted by molar-refractivity contribution is 9.10. The van der Waals surface area contributed by atoms with Gasteiger partial charge in [0.2, 0.25) is 0 Å². The van der Waals surface area contributed by atoms with Crippen molar-refractivity contribution in [3.05, 3.63) is 105 Å². The summed E-state index contributed by atoms with van der Waals surface area (Å²) >= 11 is 3.75. The maximum atomic E-state index is 13.0. The van der Waals surface area contributed by atoms with Crippen LogP contribution in [0.1, 0.15) is 79.8 Å². The Morgan fingerprint density at radius 2 is 1.38 bits per heavy atom. The lowest BCUT2D eigenvalue weighted by atomic mass is 9.82. The van der Waals surface area contributed by atoms with Crippen LogP contribution in [0.3, 0.4) is 0 Å². The van der Waals surface area contributed by atoms with Crippen molar-refractivity contribution in [1.29, 1.82) is 0 Å². The largest absolute Gasteiger partial charge is 0.416 e.